The van der Waals surface area contributed by atoms with E-state index in [0.717, 1.165) is 0 Å². The normalized spacial score (nSPS) is 15.5. The van der Waals surface area contributed by atoms with Crippen LogP contribution in [-0.4, -0.2) is 23.6 Å². The van der Waals surface area contributed by atoms with E-state index >= 15 is 0 Å². The number of sulfonamides is 1. The van der Waals surface area contributed by atoms with Crippen LogP contribution in [0.4, 0.5) is 0 Å². The molecule has 0 radical (unpaired) electrons. The topological polar surface area (TPSA) is 91.7 Å². The number of hydrogen-bond acceptors (Lipinski definition) is 5. The van der Waals surface area contributed by atoms with Crippen LogP contribution in [0.2, 0.25) is 0 Å². The van der Waals surface area contributed by atoms with Gasteiger partial charge in [-0.3, -0.25) is 9.98 Å². The third kappa shape index (κ3) is 3.60. The van der Waals surface area contributed by atoms with Gasteiger partial charge in [0.1, 0.15) is 0 Å². The molecule has 7 heteroatoms. The fraction of sp³-hybridized carbons (Fsp3) is 0.143. The van der Waals surface area contributed by atoms with Crippen LogP contribution in [-0.2, 0) is 16.6 Å². The van der Waals surface area contributed by atoms with Gasteiger partial charge >= 0.3 is 0 Å². The molecule has 0 unspecified atom stereocenters. The maximum Gasteiger partial charge on any atom is 0.258 e. The summed E-state index contributed by atoms with van der Waals surface area (Å²) in [6.07, 6.45) is 0.553. The molecule has 0 aliphatic carbocycles. The summed E-state index contributed by atoms with van der Waals surface area (Å²) in [6, 6.07) is 20.5. The van der Waals surface area contributed by atoms with E-state index in [1.54, 1.807) is 66.9 Å². The first-order valence-corrected chi connectivity index (χ1v) is 10.3. The van der Waals surface area contributed by atoms with Crippen molar-refractivity contribution in [1.29, 1.82) is 0 Å². The zero-order valence-electron chi connectivity index (χ0n) is 14.9. The molecule has 1 aliphatic rings. The van der Waals surface area contributed by atoms with Gasteiger partial charge in [0.05, 0.1) is 24.4 Å². The lowest BCUT2D eigenvalue weighted by Gasteiger charge is -2.25. The second kappa shape index (κ2) is 7.63. The first-order valence-electron chi connectivity index (χ1n) is 8.85. The Morgan fingerprint density at radius 2 is 1.54 bits per heavy atom. The van der Waals surface area contributed by atoms with Gasteiger partial charge in [0.2, 0.25) is 0 Å². The Hall–Kier alpha value is -2.87. The Balaban J connectivity index is 1.70. The molecule has 2 heterocycles. The van der Waals surface area contributed by atoms with E-state index in [0.29, 0.717) is 22.4 Å². The maximum absolute atomic E-state index is 13.1. The summed E-state index contributed by atoms with van der Waals surface area (Å²) in [6.45, 7) is 0.226. The molecular formula is C21H19N3O3S. The van der Waals surface area contributed by atoms with Gasteiger partial charge in [0.25, 0.3) is 10.0 Å². The molecule has 0 saturated carbocycles. The monoisotopic (exact) mass is 393 g/mol. The zero-order chi connectivity index (χ0) is 19.6. The lowest BCUT2D eigenvalue weighted by molar-refractivity contribution is 0.140. The van der Waals surface area contributed by atoms with Crippen LogP contribution in [0, 0.1) is 0 Å². The summed E-state index contributed by atoms with van der Waals surface area (Å²) in [4.78, 5) is 8.36. The minimum Gasteiger partial charge on any atom is -0.386 e. The lowest BCUT2D eigenvalue weighted by Crippen LogP contribution is -2.37. The smallest absolute Gasteiger partial charge is 0.258 e. The number of benzene rings is 2. The van der Waals surface area contributed by atoms with Crippen LogP contribution < -0.4 is 4.72 Å². The highest BCUT2D eigenvalue weighted by atomic mass is 32.2. The van der Waals surface area contributed by atoms with E-state index in [1.807, 2.05) is 12.1 Å². The number of aromatic nitrogens is 1. The predicted octanol–water partition coefficient (Wildman–Crippen LogP) is 2.74. The zero-order valence-corrected chi connectivity index (χ0v) is 15.8. The summed E-state index contributed by atoms with van der Waals surface area (Å²) in [5.74, 6) is 0. The van der Waals surface area contributed by atoms with Crippen LogP contribution in [0.3, 0.4) is 0 Å². The number of aliphatic imine (C=N–C) groups is 1. The lowest BCUT2D eigenvalue weighted by atomic mass is 9.97. The number of aliphatic hydroxyl groups is 1. The van der Waals surface area contributed by atoms with Crippen molar-refractivity contribution < 1.29 is 13.5 Å². The molecule has 3 aromatic rings. The molecule has 4 rings (SSSR count). The van der Waals surface area contributed by atoms with E-state index in [2.05, 4.69) is 14.7 Å². The van der Waals surface area contributed by atoms with Crippen molar-refractivity contribution in [3.8, 4) is 0 Å². The van der Waals surface area contributed by atoms with E-state index in [-0.39, 0.29) is 11.6 Å². The summed E-state index contributed by atoms with van der Waals surface area (Å²) in [7, 11) is -3.97. The number of aliphatic hydroxyl groups excluding tert-OH is 1. The van der Waals surface area contributed by atoms with Crippen molar-refractivity contribution in [3.63, 3.8) is 0 Å². The van der Waals surface area contributed by atoms with Crippen LogP contribution in [0.5, 0.6) is 0 Å². The number of nitrogens with one attached hydrogen (secondary N) is 1. The molecule has 2 N–H and O–H groups in total. The molecule has 2 atom stereocenters. The number of pyridine rings is 1. The Bertz CT molecular complexity index is 1100. The summed E-state index contributed by atoms with van der Waals surface area (Å²) < 4.78 is 28.9. The van der Waals surface area contributed by atoms with Crippen molar-refractivity contribution in [3.05, 3.63) is 101 Å². The van der Waals surface area contributed by atoms with Crippen LogP contribution in [0.1, 0.15) is 34.5 Å². The largest absolute Gasteiger partial charge is 0.386 e. The molecule has 0 spiro atoms. The highest BCUT2D eigenvalue weighted by Crippen LogP contribution is 2.30. The molecule has 1 aliphatic heterocycles. The van der Waals surface area contributed by atoms with E-state index < -0.39 is 22.2 Å². The standard InChI is InChI=1S/C21H19N3O3S/c25-20(16-10-5-2-6-11-16)19(15-8-3-1-4-9-15)24-28(26,27)21-17-12-7-13-22-18(17)14-23-21/h1-13,19-20,24-25H,14H2/t19-,20+/m1/s1. The molecule has 0 bridgehead atoms. The minimum atomic E-state index is -3.97. The highest BCUT2D eigenvalue weighted by Gasteiger charge is 2.33. The fourth-order valence-corrected chi connectivity index (χ4v) is 4.68. The number of fused-ring (bicyclic) bond motifs is 1. The van der Waals surface area contributed by atoms with Gasteiger partial charge in [-0.15, -0.1) is 0 Å². The van der Waals surface area contributed by atoms with Crippen molar-refractivity contribution in [2.75, 3.05) is 0 Å². The van der Waals surface area contributed by atoms with Crippen LogP contribution >= 0.6 is 0 Å². The second-order valence-electron chi connectivity index (χ2n) is 6.48. The average Bonchev–Trinajstić information content (AvgIpc) is 3.18. The first kappa shape index (κ1) is 18.5. The Morgan fingerprint density at radius 3 is 2.21 bits per heavy atom. The van der Waals surface area contributed by atoms with Gasteiger partial charge < -0.3 is 5.11 Å². The SMILES string of the molecule is O=S(=O)(N[C@H](c1ccccc1)[C@@H](O)c1ccccc1)C1=NCc2ncccc21. The van der Waals surface area contributed by atoms with Crippen LogP contribution in [0.15, 0.2) is 84.0 Å². The maximum atomic E-state index is 13.1. The van der Waals surface area contributed by atoms with E-state index in [9.17, 15) is 13.5 Å². The first-order chi connectivity index (χ1) is 13.6. The molecule has 142 valence electrons. The molecule has 6 nitrogen and oxygen atoms in total. The highest BCUT2D eigenvalue weighted by molar-refractivity contribution is 8.05. The van der Waals surface area contributed by atoms with Gasteiger partial charge in [-0.25, -0.2) is 8.42 Å². The Labute approximate surface area is 163 Å². The van der Waals surface area contributed by atoms with Gasteiger partial charge in [-0.2, -0.15) is 4.72 Å². The molecular weight excluding hydrogens is 374 g/mol. The van der Waals surface area contributed by atoms with E-state index in [4.69, 9.17) is 0 Å². The van der Waals surface area contributed by atoms with Crippen LogP contribution in [0.25, 0.3) is 0 Å². The van der Waals surface area contributed by atoms with Gasteiger partial charge in [-0.1, -0.05) is 60.7 Å². The third-order valence-corrected chi connectivity index (χ3v) is 6.07. The summed E-state index contributed by atoms with van der Waals surface area (Å²) in [5.41, 5.74) is 2.40. The molecule has 0 amide bonds. The molecule has 0 fully saturated rings. The summed E-state index contributed by atoms with van der Waals surface area (Å²) >= 11 is 0. The van der Waals surface area contributed by atoms with Crippen molar-refractivity contribution in [2.24, 2.45) is 4.99 Å². The molecule has 2 aromatic carbocycles. The Kier molecular flexibility index (Phi) is 5.04. The number of hydrogen-bond donors (Lipinski definition) is 2. The van der Waals surface area contributed by atoms with E-state index in [1.165, 1.54) is 0 Å². The van der Waals surface area contributed by atoms with Gasteiger partial charge in [-0.05, 0) is 23.3 Å². The third-order valence-electron chi connectivity index (χ3n) is 4.65. The van der Waals surface area contributed by atoms with Crippen molar-refractivity contribution in [1.82, 2.24) is 9.71 Å². The second-order valence-corrected chi connectivity index (χ2v) is 8.11. The number of nitrogens with zero attached hydrogens (tertiary/aromatic N) is 2. The molecule has 0 saturated heterocycles. The molecule has 28 heavy (non-hydrogen) atoms. The van der Waals surface area contributed by atoms with Crippen molar-refractivity contribution >= 4 is 15.1 Å². The summed E-state index contributed by atoms with van der Waals surface area (Å²) in [5, 5.41) is 10.9. The minimum absolute atomic E-state index is 0.0446. The predicted molar refractivity (Wildman–Crippen MR) is 107 cm³/mol. The fourth-order valence-electron chi connectivity index (χ4n) is 3.26. The van der Waals surface area contributed by atoms with Gasteiger partial charge in [0.15, 0.2) is 5.04 Å². The molecule has 1 aromatic heterocycles. The van der Waals surface area contributed by atoms with Crippen molar-refractivity contribution in [2.45, 2.75) is 18.7 Å². The Morgan fingerprint density at radius 1 is 0.893 bits per heavy atom. The average molecular weight is 393 g/mol. The van der Waals surface area contributed by atoms with Gasteiger partial charge in [0, 0.05) is 11.8 Å². The number of rotatable bonds is 5. The quantitative estimate of drug-likeness (QED) is 0.697.